The molecular formula is C25H24N4O2. The number of benzene rings is 2. The molecule has 156 valence electrons. The molecule has 6 nitrogen and oxygen atoms in total. The minimum Gasteiger partial charge on any atom is -0.455 e. The molecule has 1 aliphatic heterocycles. The van der Waals surface area contributed by atoms with Crippen molar-refractivity contribution in [3.05, 3.63) is 59.9 Å². The van der Waals surface area contributed by atoms with Gasteiger partial charge >= 0.3 is 0 Å². The Hall–Kier alpha value is -3.59. The third-order valence-corrected chi connectivity index (χ3v) is 6.14. The van der Waals surface area contributed by atoms with E-state index in [9.17, 15) is 10.1 Å². The van der Waals surface area contributed by atoms with Crippen molar-refractivity contribution in [2.75, 3.05) is 4.90 Å². The van der Waals surface area contributed by atoms with Gasteiger partial charge in [0.1, 0.15) is 17.6 Å². The van der Waals surface area contributed by atoms with Gasteiger partial charge in [-0.25, -0.2) is 0 Å². The molecule has 1 aromatic heterocycles. The molecule has 1 unspecified atom stereocenters. The highest BCUT2D eigenvalue weighted by molar-refractivity contribution is 5.95. The quantitative estimate of drug-likeness (QED) is 0.588. The number of rotatable bonds is 4. The largest absolute Gasteiger partial charge is 0.455 e. The van der Waals surface area contributed by atoms with Crippen LogP contribution in [0.25, 0.3) is 11.1 Å². The minimum atomic E-state index is 0.0196. The van der Waals surface area contributed by atoms with Gasteiger partial charge < -0.3 is 9.64 Å². The van der Waals surface area contributed by atoms with E-state index in [2.05, 4.69) is 24.3 Å². The second-order valence-electron chi connectivity index (χ2n) is 8.37. The number of nitriles is 1. The average molecular weight is 412 g/mol. The summed E-state index contributed by atoms with van der Waals surface area (Å²) in [5.74, 6) is 1.24. The lowest BCUT2D eigenvalue weighted by Crippen LogP contribution is -2.40. The zero-order valence-corrected chi connectivity index (χ0v) is 17.7. The monoisotopic (exact) mass is 412 g/mol. The molecular weight excluding hydrogens is 388 g/mol. The number of para-hydroxylation sites is 1. The Balaban J connectivity index is 1.67. The van der Waals surface area contributed by atoms with E-state index in [0.717, 1.165) is 48.1 Å². The van der Waals surface area contributed by atoms with Gasteiger partial charge in [-0.3, -0.25) is 9.48 Å². The van der Waals surface area contributed by atoms with Gasteiger partial charge in [-0.2, -0.15) is 10.4 Å². The zero-order valence-electron chi connectivity index (χ0n) is 17.7. The van der Waals surface area contributed by atoms with Crippen molar-refractivity contribution in [2.24, 2.45) is 0 Å². The molecule has 1 atom stereocenters. The van der Waals surface area contributed by atoms with E-state index in [1.54, 1.807) is 13.0 Å². The summed E-state index contributed by atoms with van der Waals surface area (Å²) in [6.45, 7) is 3.67. The Bertz CT molecular complexity index is 1200. The fraction of sp³-hybridized carbons (Fsp3) is 0.320. The van der Waals surface area contributed by atoms with Crippen LogP contribution in [0.15, 0.2) is 48.8 Å². The van der Waals surface area contributed by atoms with Gasteiger partial charge in [0, 0.05) is 35.9 Å². The van der Waals surface area contributed by atoms with Crippen molar-refractivity contribution >= 4 is 11.6 Å². The Morgan fingerprint density at radius 3 is 2.74 bits per heavy atom. The molecule has 5 rings (SSSR count). The number of nitrogens with zero attached hydrogens (tertiary/aromatic N) is 4. The van der Waals surface area contributed by atoms with Crippen molar-refractivity contribution < 1.29 is 9.53 Å². The molecule has 2 aromatic carbocycles. The van der Waals surface area contributed by atoms with Gasteiger partial charge in [-0.05, 0) is 56.9 Å². The zero-order chi connectivity index (χ0) is 21.5. The molecule has 1 aliphatic carbocycles. The number of carbonyl (C=O) groups is 1. The Kier molecular flexibility index (Phi) is 4.74. The highest BCUT2D eigenvalue weighted by atomic mass is 16.5. The number of fused-ring (bicyclic) bond motifs is 1. The Morgan fingerprint density at radius 2 is 2.00 bits per heavy atom. The van der Waals surface area contributed by atoms with Gasteiger partial charge in [0.05, 0.1) is 23.5 Å². The van der Waals surface area contributed by atoms with Crippen molar-refractivity contribution in [1.29, 1.82) is 5.26 Å². The molecule has 0 spiro atoms. The van der Waals surface area contributed by atoms with Crippen LogP contribution in [-0.4, -0.2) is 21.7 Å². The second-order valence-corrected chi connectivity index (χ2v) is 8.37. The molecule has 2 aliphatic rings. The van der Waals surface area contributed by atoms with Crippen molar-refractivity contribution in [3.8, 4) is 28.7 Å². The fourth-order valence-electron chi connectivity index (χ4n) is 4.40. The molecule has 0 N–H and O–H groups in total. The number of carbonyl (C=O) groups excluding carboxylic acids is 1. The Labute approximate surface area is 181 Å². The summed E-state index contributed by atoms with van der Waals surface area (Å²) < 4.78 is 8.46. The van der Waals surface area contributed by atoms with Crippen LogP contribution in [0.1, 0.15) is 50.3 Å². The van der Waals surface area contributed by atoms with Gasteiger partial charge in [-0.1, -0.05) is 12.1 Å². The average Bonchev–Trinajstić information content (AvgIpc) is 3.51. The van der Waals surface area contributed by atoms with Crippen molar-refractivity contribution in [2.45, 2.75) is 51.6 Å². The summed E-state index contributed by atoms with van der Waals surface area (Å²) in [6, 6.07) is 14.1. The molecule has 3 aromatic rings. The number of aromatic nitrogens is 2. The molecule has 2 heterocycles. The maximum atomic E-state index is 12.4. The van der Waals surface area contributed by atoms with Gasteiger partial charge in [0.15, 0.2) is 0 Å². The van der Waals surface area contributed by atoms with Gasteiger partial charge in [0.2, 0.25) is 5.91 Å². The predicted molar refractivity (Wildman–Crippen MR) is 118 cm³/mol. The molecule has 0 saturated heterocycles. The first kappa shape index (κ1) is 19.4. The number of anilines is 1. The highest BCUT2D eigenvalue weighted by Gasteiger charge is 2.31. The number of ether oxygens (including phenoxy) is 1. The maximum absolute atomic E-state index is 12.4. The summed E-state index contributed by atoms with van der Waals surface area (Å²) in [4.78, 5) is 14.3. The van der Waals surface area contributed by atoms with Crippen LogP contribution in [0.5, 0.6) is 11.5 Å². The third kappa shape index (κ3) is 3.46. The van der Waals surface area contributed by atoms with E-state index >= 15 is 0 Å². The smallest absolute Gasteiger partial charge is 0.224 e. The molecule has 31 heavy (non-hydrogen) atoms. The van der Waals surface area contributed by atoms with Crippen LogP contribution in [0.4, 0.5) is 5.69 Å². The lowest BCUT2D eigenvalue weighted by molar-refractivity contribution is -0.117. The van der Waals surface area contributed by atoms with Crippen LogP contribution in [0.3, 0.4) is 0 Å². The highest BCUT2D eigenvalue weighted by Crippen LogP contribution is 2.45. The maximum Gasteiger partial charge on any atom is 0.224 e. The molecule has 1 fully saturated rings. The second kappa shape index (κ2) is 7.59. The minimum absolute atomic E-state index is 0.0196. The van der Waals surface area contributed by atoms with Gasteiger partial charge in [-0.15, -0.1) is 0 Å². The van der Waals surface area contributed by atoms with E-state index < -0.39 is 0 Å². The molecule has 6 heteroatoms. The lowest BCUT2D eigenvalue weighted by Gasteiger charge is -2.36. The molecule has 0 radical (unpaired) electrons. The third-order valence-electron chi connectivity index (χ3n) is 6.14. The Morgan fingerprint density at radius 1 is 1.19 bits per heavy atom. The van der Waals surface area contributed by atoms with Crippen LogP contribution in [0.2, 0.25) is 0 Å². The van der Waals surface area contributed by atoms with Crippen LogP contribution in [0, 0.1) is 11.3 Å². The SMILES string of the molecule is CC(=O)N1c2ccc(-c3cnn(C4CC4)c3)c(Oc3ccccc3C#N)c2CCC1C. The number of hydrogen-bond acceptors (Lipinski definition) is 4. The first-order chi connectivity index (χ1) is 15.1. The molecule has 1 amide bonds. The topological polar surface area (TPSA) is 71.2 Å². The van der Waals surface area contributed by atoms with E-state index in [0.29, 0.717) is 23.1 Å². The fourth-order valence-corrected chi connectivity index (χ4v) is 4.40. The van der Waals surface area contributed by atoms with Crippen molar-refractivity contribution in [1.82, 2.24) is 9.78 Å². The standard InChI is InChI=1S/C25H24N4O2/c1-16-7-10-22-23(29(16)17(2)30)12-11-21(19-14-27-28(15-19)20-8-9-20)25(22)31-24-6-4-3-5-18(24)13-26/h3-6,11-12,14-16,20H,7-10H2,1-2H3. The molecule has 1 saturated carbocycles. The van der Waals surface area contributed by atoms with Crippen LogP contribution in [-0.2, 0) is 11.2 Å². The van der Waals surface area contributed by atoms with Crippen LogP contribution >= 0.6 is 0 Å². The summed E-state index contributed by atoms with van der Waals surface area (Å²) in [5.41, 5.74) is 4.27. The predicted octanol–water partition coefficient (Wildman–Crippen LogP) is 5.24. The summed E-state index contributed by atoms with van der Waals surface area (Å²) in [6.07, 6.45) is 7.92. The number of hydrogen-bond donors (Lipinski definition) is 0. The summed E-state index contributed by atoms with van der Waals surface area (Å²) in [7, 11) is 0. The first-order valence-corrected chi connectivity index (χ1v) is 10.7. The van der Waals surface area contributed by atoms with Gasteiger partial charge in [0.25, 0.3) is 0 Å². The lowest BCUT2D eigenvalue weighted by atomic mass is 9.92. The van der Waals surface area contributed by atoms with E-state index in [4.69, 9.17) is 4.74 Å². The van der Waals surface area contributed by atoms with E-state index in [1.165, 1.54) is 0 Å². The van der Waals surface area contributed by atoms with E-state index in [-0.39, 0.29) is 11.9 Å². The van der Waals surface area contributed by atoms with Crippen molar-refractivity contribution in [3.63, 3.8) is 0 Å². The number of amides is 1. The van der Waals surface area contributed by atoms with E-state index in [1.807, 2.05) is 46.1 Å². The normalized spacial score (nSPS) is 17.7. The summed E-state index contributed by atoms with van der Waals surface area (Å²) in [5, 5.41) is 14.1. The van der Waals surface area contributed by atoms with Crippen LogP contribution < -0.4 is 9.64 Å². The molecule has 0 bridgehead atoms. The summed E-state index contributed by atoms with van der Waals surface area (Å²) >= 11 is 0. The first-order valence-electron chi connectivity index (χ1n) is 10.7.